The predicted octanol–water partition coefficient (Wildman–Crippen LogP) is 1.26. The Balaban J connectivity index is 0.000000273. The number of hydroxylamine groups is 1. The molecule has 0 fully saturated rings. The van der Waals surface area contributed by atoms with Crippen LogP contribution in [0.4, 0.5) is 0 Å². The number of benzene rings is 2. The Morgan fingerprint density at radius 2 is 1.77 bits per heavy atom. The molecule has 0 heterocycles. The summed E-state index contributed by atoms with van der Waals surface area (Å²) >= 11 is 0. The third-order valence-corrected chi connectivity index (χ3v) is 3.75. The molecular weight excluding hydrogens is 364 g/mol. The monoisotopic (exact) mass is 382 g/mol. The number of aromatic hydroxyl groups is 2. The number of hydrogen-bond acceptors (Lipinski definition) is 7. The molecule has 0 unspecified atom stereocenters. The van der Waals surface area contributed by atoms with Gasteiger partial charge < -0.3 is 15.9 Å². The summed E-state index contributed by atoms with van der Waals surface area (Å²) in [5, 5.41) is 37.6. The van der Waals surface area contributed by atoms with Crippen LogP contribution in [0.3, 0.4) is 0 Å². The SMILES string of the molecule is Cc1ccc(S(=O)(=O)O)cc1.N=C(N)N(O)/N=C/c1cccc(O)c1O. The Kier molecular flexibility index (Phi) is 7.07. The van der Waals surface area contributed by atoms with Crippen LogP contribution >= 0.6 is 0 Å². The molecule has 2 rings (SSSR count). The van der Waals surface area contributed by atoms with Crippen molar-refractivity contribution in [3.05, 3.63) is 53.6 Å². The molecule has 7 N–H and O–H groups in total. The van der Waals surface area contributed by atoms with Crippen molar-refractivity contribution in [2.24, 2.45) is 10.8 Å². The van der Waals surface area contributed by atoms with Crippen molar-refractivity contribution in [3.8, 4) is 11.5 Å². The molecule has 0 aliphatic heterocycles. The molecule has 0 saturated heterocycles. The zero-order chi connectivity index (χ0) is 19.9. The largest absolute Gasteiger partial charge is 0.504 e. The molecule has 0 spiro atoms. The van der Waals surface area contributed by atoms with E-state index in [1.165, 1.54) is 30.3 Å². The van der Waals surface area contributed by atoms with Crippen LogP contribution in [0.2, 0.25) is 0 Å². The topological polar surface area (TPSA) is 181 Å². The van der Waals surface area contributed by atoms with E-state index >= 15 is 0 Å². The third-order valence-electron chi connectivity index (χ3n) is 2.89. The first kappa shape index (κ1) is 20.9. The molecule has 0 aliphatic carbocycles. The summed E-state index contributed by atoms with van der Waals surface area (Å²) in [6.45, 7) is 1.84. The summed E-state index contributed by atoms with van der Waals surface area (Å²) in [4.78, 5) is -0.0666. The van der Waals surface area contributed by atoms with Crippen molar-refractivity contribution >= 4 is 22.3 Å². The summed E-state index contributed by atoms with van der Waals surface area (Å²) in [5.41, 5.74) is 6.05. The Morgan fingerprint density at radius 1 is 1.19 bits per heavy atom. The fraction of sp³-hybridized carbons (Fsp3) is 0.0667. The van der Waals surface area contributed by atoms with Gasteiger partial charge in [0.05, 0.1) is 11.1 Å². The predicted molar refractivity (Wildman–Crippen MR) is 93.9 cm³/mol. The minimum Gasteiger partial charge on any atom is -0.504 e. The molecule has 0 atom stereocenters. The van der Waals surface area contributed by atoms with Gasteiger partial charge in [-0.2, -0.15) is 13.5 Å². The van der Waals surface area contributed by atoms with Gasteiger partial charge in [-0.3, -0.25) is 15.2 Å². The number of nitrogens with zero attached hydrogens (tertiary/aromatic N) is 2. The Labute approximate surface area is 149 Å². The van der Waals surface area contributed by atoms with Crippen LogP contribution in [0.15, 0.2) is 52.5 Å². The second-order valence-electron chi connectivity index (χ2n) is 4.92. The molecule has 0 saturated carbocycles. The number of guanidine groups is 1. The Morgan fingerprint density at radius 3 is 2.27 bits per heavy atom. The van der Waals surface area contributed by atoms with E-state index in [0.717, 1.165) is 11.8 Å². The van der Waals surface area contributed by atoms with Gasteiger partial charge in [-0.05, 0) is 31.2 Å². The quantitative estimate of drug-likeness (QED) is 0.151. The van der Waals surface area contributed by atoms with Crippen molar-refractivity contribution < 1.29 is 28.4 Å². The molecule has 0 radical (unpaired) electrons. The molecule has 0 amide bonds. The minimum atomic E-state index is -4.02. The molecule has 0 aliphatic rings. The normalized spacial score (nSPS) is 10.9. The average molecular weight is 382 g/mol. The lowest BCUT2D eigenvalue weighted by Crippen LogP contribution is -2.28. The second kappa shape index (κ2) is 8.80. The second-order valence-corrected chi connectivity index (χ2v) is 6.34. The van der Waals surface area contributed by atoms with Gasteiger partial charge in [-0.1, -0.05) is 23.8 Å². The van der Waals surface area contributed by atoms with E-state index in [4.69, 9.17) is 26.0 Å². The number of nitrogens with two attached hydrogens (primary N) is 1. The van der Waals surface area contributed by atoms with Crippen LogP contribution in [0.25, 0.3) is 0 Å². The van der Waals surface area contributed by atoms with Crippen molar-refractivity contribution in [2.75, 3.05) is 0 Å². The summed E-state index contributed by atoms with van der Waals surface area (Å²) < 4.78 is 29.6. The van der Waals surface area contributed by atoms with Crippen LogP contribution in [-0.2, 0) is 10.1 Å². The number of hydrogen-bond donors (Lipinski definition) is 6. The van der Waals surface area contributed by atoms with E-state index < -0.39 is 16.1 Å². The van der Waals surface area contributed by atoms with Gasteiger partial charge in [0.1, 0.15) is 0 Å². The fourth-order valence-electron chi connectivity index (χ4n) is 1.54. The van der Waals surface area contributed by atoms with Gasteiger partial charge in [0.2, 0.25) is 5.96 Å². The third kappa shape index (κ3) is 6.39. The average Bonchev–Trinajstić information content (AvgIpc) is 2.56. The lowest BCUT2D eigenvalue weighted by Gasteiger charge is -2.06. The lowest BCUT2D eigenvalue weighted by atomic mass is 10.2. The van der Waals surface area contributed by atoms with Crippen LogP contribution in [0, 0.1) is 12.3 Å². The van der Waals surface area contributed by atoms with Crippen LogP contribution in [0.1, 0.15) is 11.1 Å². The van der Waals surface area contributed by atoms with E-state index in [2.05, 4.69) is 5.10 Å². The maximum absolute atomic E-state index is 10.5. The molecule has 0 aromatic heterocycles. The van der Waals surface area contributed by atoms with E-state index in [1.54, 1.807) is 12.1 Å². The molecular formula is C15H18N4O6S. The van der Waals surface area contributed by atoms with Gasteiger partial charge >= 0.3 is 0 Å². The first-order valence-corrected chi connectivity index (χ1v) is 8.38. The smallest absolute Gasteiger partial charge is 0.294 e. The molecule has 2 aromatic carbocycles. The van der Waals surface area contributed by atoms with Gasteiger partial charge in [-0.15, -0.1) is 5.17 Å². The summed E-state index contributed by atoms with van der Waals surface area (Å²) in [6.07, 6.45) is 1.05. The van der Waals surface area contributed by atoms with Gasteiger partial charge in [0.25, 0.3) is 10.1 Å². The van der Waals surface area contributed by atoms with Gasteiger partial charge in [-0.25, -0.2) is 0 Å². The Hall–Kier alpha value is -3.15. The highest BCUT2D eigenvalue weighted by molar-refractivity contribution is 7.85. The fourth-order valence-corrected chi connectivity index (χ4v) is 2.02. The van der Waals surface area contributed by atoms with E-state index in [9.17, 15) is 13.5 Å². The summed E-state index contributed by atoms with van der Waals surface area (Å²) in [5.74, 6) is -1.32. The van der Waals surface area contributed by atoms with Gasteiger partial charge in [0, 0.05) is 5.56 Å². The Bertz CT molecular complexity index is 897. The number of aryl methyl sites for hydroxylation is 1. The highest BCUT2D eigenvalue weighted by Gasteiger charge is 2.07. The summed E-state index contributed by atoms with van der Waals surface area (Å²) in [7, 11) is -4.02. The minimum absolute atomic E-state index is 0.0666. The number of hydrazone groups is 1. The standard InChI is InChI=1S/C8H10N4O3.C7H8O3S/c9-8(10)12(15)11-4-5-2-1-3-6(13)7(5)14;1-6-2-4-7(5-3-6)11(8,9)10/h1-4,13-15H,(H3,9,10);2-5H,1H3,(H,8,9,10)/b11-4+;. The van der Waals surface area contributed by atoms with Crippen molar-refractivity contribution in [3.63, 3.8) is 0 Å². The molecule has 0 bridgehead atoms. The van der Waals surface area contributed by atoms with E-state index in [0.29, 0.717) is 0 Å². The van der Waals surface area contributed by atoms with E-state index in [-0.39, 0.29) is 27.1 Å². The van der Waals surface area contributed by atoms with Crippen LogP contribution in [-0.4, -0.2) is 45.7 Å². The zero-order valence-electron chi connectivity index (χ0n) is 13.6. The van der Waals surface area contributed by atoms with Crippen LogP contribution < -0.4 is 5.73 Å². The number of para-hydroxylation sites is 1. The molecule has 2 aromatic rings. The van der Waals surface area contributed by atoms with Gasteiger partial charge in [0.15, 0.2) is 11.5 Å². The zero-order valence-corrected chi connectivity index (χ0v) is 14.4. The van der Waals surface area contributed by atoms with Crippen LogP contribution in [0.5, 0.6) is 11.5 Å². The lowest BCUT2D eigenvalue weighted by molar-refractivity contribution is -0.0139. The summed E-state index contributed by atoms with van der Waals surface area (Å²) in [6, 6.07) is 10.2. The number of rotatable bonds is 3. The first-order chi connectivity index (χ1) is 12.0. The van der Waals surface area contributed by atoms with Crippen molar-refractivity contribution in [2.45, 2.75) is 11.8 Å². The molecule has 140 valence electrons. The number of nitrogens with one attached hydrogen (secondary N) is 1. The maximum atomic E-state index is 10.5. The number of phenols is 2. The van der Waals surface area contributed by atoms with Crippen molar-refractivity contribution in [1.29, 1.82) is 5.41 Å². The first-order valence-electron chi connectivity index (χ1n) is 6.94. The molecule has 10 nitrogen and oxygen atoms in total. The molecule has 26 heavy (non-hydrogen) atoms. The van der Waals surface area contributed by atoms with Crippen molar-refractivity contribution in [1.82, 2.24) is 5.17 Å². The highest BCUT2D eigenvalue weighted by atomic mass is 32.2. The van der Waals surface area contributed by atoms with E-state index in [1.807, 2.05) is 6.92 Å². The maximum Gasteiger partial charge on any atom is 0.294 e. The highest BCUT2D eigenvalue weighted by Crippen LogP contribution is 2.26. The molecule has 11 heteroatoms. The number of phenolic OH excluding ortho intramolecular Hbond substituents is 2.